The third-order valence-corrected chi connectivity index (χ3v) is 6.14. The predicted molar refractivity (Wildman–Crippen MR) is 66.9 cm³/mol. The zero-order chi connectivity index (χ0) is 12.6. The van der Waals surface area contributed by atoms with E-state index >= 15 is 0 Å². The van der Waals surface area contributed by atoms with Gasteiger partial charge in [-0.1, -0.05) is 5.16 Å². The van der Waals surface area contributed by atoms with Gasteiger partial charge in [-0.25, -0.2) is 8.42 Å². The minimum absolute atomic E-state index is 0. The van der Waals surface area contributed by atoms with Crippen LogP contribution in [0.3, 0.4) is 0 Å². The highest BCUT2D eigenvalue weighted by Gasteiger charge is 2.39. The van der Waals surface area contributed by atoms with Gasteiger partial charge in [-0.15, -0.1) is 0 Å². The number of aromatic nitrogens is 1. The highest BCUT2D eigenvalue weighted by Crippen LogP contribution is 2.31. The van der Waals surface area contributed by atoms with Crippen molar-refractivity contribution in [3.8, 4) is 0 Å². The number of hydrogen-bond acceptors (Lipinski definition) is 4. The molecule has 2 saturated heterocycles. The molecule has 0 aromatic carbocycles. The van der Waals surface area contributed by atoms with Crippen LogP contribution in [0.25, 0.3) is 0 Å². The van der Waals surface area contributed by atoms with Crippen LogP contribution in [0.5, 0.6) is 0 Å². The van der Waals surface area contributed by atoms with Crippen LogP contribution in [-0.2, 0) is 9.84 Å². The molecule has 7 heteroatoms. The van der Waals surface area contributed by atoms with Gasteiger partial charge in [0.2, 0.25) is 0 Å². The summed E-state index contributed by atoms with van der Waals surface area (Å²) in [5.74, 6) is 1.22. The van der Waals surface area contributed by atoms with Gasteiger partial charge in [0.25, 0.3) is 0 Å². The van der Waals surface area contributed by atoms with Crippen molar-refractivity contribution in [2.24, 2.45) is 0 Å². The second-order valence-corrected chi connectivity index (χ2v) is 7.89. The first-order chi connectivity index (χ1) is 8.59. The lowest BCUT2D eigenvalue weighted by Gasteiger charge is -2.45. The number of sulfone groups is 1. The Morgan fingerprint density at radius 3 is 2.32 bits per heavy atom. The second-order valence-electron chi connectivity index (χ2n) is 5.59. The van der Waals surface area contributed by atoms with Crippen molar-refractivity contribution in [3.63, 3.8) is 0 Å². The molecule has 108 valence electrons. The number of piperidine rings is 1. The van der Waals surface area contributed by atoms with Gasteiger partial charge in [0.1, 0.15) is 6.26 Å². The molecule has 2 aliphatic rings. The molecule has 19 heavy (non-hydrogen) atoms. The van der Waals surface area contributed by atoms with Crippen LogP contribution < -0.4 is 12.4 Å². The van der Waals surface area contributed by atoms with Crippen molar-refractivity contribution in [2.75, 3.05) is 37.7 Å². The number of nitrogens with zero attached hydrogens (tertiary/aromatic N) is 2. The van der Waals surface area contributed by atoms with Crippen molar-refractivity contribution in [2.45, 2.75) is 18.8 Å². The molecule has 0 bridgehead atoms. The summed E-state index contributed by atoms with van der Waals surface area (Å²) in [5, 5.41) is 4.02. The maximum Gasteiger partial charge on any atom is 0.161 e. The predicted octanol–water partition coefficient (Wildman–Crippen LogP) is -2.20. The minimum Gasteiger partial charge on any atom is -1.00 e. The lowest BCUT2D eigenvalue weighted by atomic mass is 9.92. The van der Waals surface area contributed by atoms with E-state index in [0.29, 0.717) is 17.4 Å². The standard InChI is InChI=1S/C12H19N2O3S.ClH/c15-18(16)9-6-14(7-10-18)4-1-11(2-5-14)12-3-8-17-13-12;/h3,8,11H,1-2,4-7,9-10H2;1H/q+1;/p-1. The van der Waals surface area contributed by atoms with E-state index in [2.05, 4.69) is 5.16 Å². The summed E-state index contributed by atoms with van der Waals surface area (Å²) in [7, 11) is -2.76. The average Bonchev–Trinajstić information content (AvgIpc) is 2.88. The highest BCUT2D eigenvalue weighted by molar-refractivity contribution is 7.91. The molecule has 0 unspecified atom stereocenters. The summed E-state index contributed by atoms with van der Waals surface area (Å²) < 4.78 is 28.9. The van der Waals surface area contributed by atoms with E-state index in [1.54, 1.807) is 6.26 Å². The Morgan fingerprint density at radius 1 is 1.16 bits per heavy atom. The van der Waals surface area contributed by atoms with E-state index in [-0.39, 0.29) is 12.4 Å². The Kier molecular flexibility index (Phi) is 4.23. The molecular weight excluding hydrogens is 288 g/mol. The van der Waals surface area contributed by atoms with E-state index in [0.717, 1.165) is 49.2 Å². The lowest BCUT2D eigenvalue weighted by molar-refractivity contribution is -0.929. The molecule has 2 aliphatic heterocycles. The maximum atomic E-state index is 11.5. The Hall–Kier alpha value is -0.590. The summed E-state index contributed by atoms with van der Waals surface area (Å²) in [5.41, 5.74) is 1.05. The Balaban J connectivity index is 0.00000133. The quantitative estimate of drug-likeness (QED) is 0.553. The van der Waals surface area contributed by atoms with Gasteiger partial charge in [-0.05, 0) is 0 Å². The van der Waals surface area contributed by atoms with Crippen LogP contribution >= 0.6 is 0 Å². The van der Waals surface area contributed by atoms with Crippen molar-refractivity contribution in [1.82, 2.24) is 5.16 Å². The molecule has 0 aliphatic carbocycles. The molecule has 0 radical (unpaired) electrons. The van der Waals surface area contributed by atoms with Crippen molar-refractivity contribution < 1.29 is 29.8 Å². The largest absolute Gasteiger partial charge is 1.00 e. The molecule has 2 fully saturated rings. The molecule has 5 nitrogen and oxygen atoms in total. The third kappa shape index (κ3) is 3.12. The van der Waals surface area contributed by atoms with Gasteiger partial charge in [0.15, 0.2) is 9.84 Å². The zero-order valence-corrected chi connectivity index (χ0v) is 12.4. The van der Waals surface area contributed by atoms with E-state index in [1.165, 1.54) is 0 Å². The van der Waals surface area contributed by atoms with Gasteiger partial charge in [0.05, 0.1) is 43.4 Å². The summed E-state index contributed by atoms with van der Waals surface area (Å²) >= 11 is 0. The molecule has 3 heterocycles. The third-order valence-electron chi connectivity index (χ3n) is 4.53. The Labute approximate surface area is 119 Å². The fourth-order valence-corrected chi connectivity index (χ4v) is 4.71. The molecule has 0 saturated carbocycles. The SMILES string of the molecule is O=S1(=O)CC[N+]2(CCC(c3ccon3)CC2)CC1.[Cl-]. The first kappa shape index (κ1) is 14.8. The van der Waals surface area contributed by atoms with Crippen LogP contribution in [0, 0.1) is 0 Å². The molecule has 1 spiro atoms. The summed E-state index contributed by atoms with van der Waals surface area (Å²) in [6.45, 7) is 3.75. The molecule has 3 rings (SSSR count). The highest BCUT2D eigenvalue weighted by atomic mass is 35.5. The van der Waals surface area contributed by atoms with E-state index < -0.39 is 9.84 Å². The lowest BCUT2D eigenvalue weighted by Crippen LogP contribution is -3.00. The van der Waals surface area contributed by atoms with Crippen LogP contribution in [-0.4, -0.2) is 55.7 Å². The summed E-state index contributed by atoms with van der Waals surface area (Å²) in [6, 6.07) is 1.95. The van der Waals surface area contributed by atoms with Crippen LogP contribution in [0.1, 0.15) is 24.5 Å². The van der Waals surface area contributed by atoms with Gasteiger partial charge in [-0.3, -0.25) is 0 Å². The van der Waals surface area contributed by atoms with Crippen LogP contribution in [0.4, 0.5) is 0 Å². The normalized spacial score (nSPS) is 25.9. The summed E-state index contributed by atoms with van der Waals surface area (Å²) in [6.07, 6.45) is 3.81. The average molecular weight is 307 g/mol. The van der Waals surface area contributed by atoms with E-state index in [4.69, 9.17) is 4.52 Å². The monoisotopic (exact) mass is 306 g/mol. The number of halogens is 1. The smallest absolute Gasteiger partial charge is 0.161 e. The molecule has 0 amide bonds. The minimum atomic E-state index is -2.76. The van der Waals surface area contributed by atoms with E-state index in [1.807, 2.05) is 6.07 Å². The van der Waals surface area contributed by atoms with Crippen molar-refractivity contribution >= 4 is 9.84 Å². The molecule has 0 atom stereocenters. The first-order valence-electron chi connectivity index (χ1n) is 6.54. The number of quaternary nitrogens is 1. The molecular formula is C12H19ClN2O3S. The fraction of sp³-hybridized carbons (Fsp3) is 0.750. The molecule has 0 N–H and O–H groups in total. The van der Waals surface area contributed by atoms with Gasteiger partial charge >= 0.3 is 0 Å². The van der Waals surface area contributed by atoms with Crippen LogP contribution in [0.15, 0.2) is 16.9 Å². The maximum absolute atomic E-state index is 11.5. The zero-order valence-electron chi connectivity index (χ0n) is 10.8. The van der Waals surface area contributed by atoms with Crippen LogP contribution in [0.2, 0.25) is 0 Å². The first-order valence-corrected chi connectivity index (χ1v) is 8.37. The second kappa shape index (κ2) is 5.42. The van der Waals surface area contributed by atoms with Gasteiger partial charge < -0.3 is 21.4 Å². The molecule has 1 aromatic rings. The fourth-order valence-electron chi connectivity index (χ4n) is 3.17. The number of rotatable bonds is 1. The van der Waals surface area contributed by atoms with Crippen molar-refractivity contribution in [3.05, 3.63) is 18.0 Å². The van der Waals surface area contributed by atoms with Gasteiger partial charge in [-0.2, -0.15) is 0 Å². The summed E-state index contributed by atoms with van der Waals surface area (Å²) in [4.78, 5) is 0. The molecule has 1 aromatic heterocycles. The number of hydrogen-bond donors (Lipinski definition) is 0. The Morgan fingerprint density at radius 2 is 1.79 bits per heavy atom. The van der Waals surface area contributed by atoms with E-state index in [9.17, 15) is 8.42 Å². The Bertz CT molecular complexity index is 491. The van der Waals surface area contributed by atoms with Gasteiger partial charge in [0, 0.05) is 24.8 Å². The van der Waals surface area contributed by atoms with Crippen molar-refractivity contribution in [1.29, 1.82) is 0 Å². The topological polar surface area (TPSA) is 60.2 Å².